The molecule has 0 aromatic heterocycles. The average Bonchev–Trinajstić information content (AvgIpc) is 3.33. The maximum absolute atomic E-state index is 13.2. The van der Waals surface area contributed by atoms with Gasteiger partial charge in [0.1, 0.15) is 10.6 Å². The lowest BCUT2D eigenvalue weighted by Gasteiger charge is -2.34. The van der Waals surface area contributed by atoms with Crippen molar-refractivity contribution in [1.82, 2.24) is 9.21 Å². The number of aromatic hydroxyl groups is 1. The Hall–Kier alpha value is -2.07. The summed E-state index contributed by atoms with van der Waals surface area (Å²) in [5.74, 6) is 0.471. The predicted octanol–water partition coefficient (Wildman–Crippen LogP) is 3.12. The molecule has 0 bridgehead atoms. The summed E-state index contributed by atoms with van der Waals surface area (Å²) in [6.45, 7) is 3.56. The zero-order chi connectivity index (χ0) is 22.7. The minimum Gasteiger partial charge on any atom is -0.507 e. The second kappa shape index (κ2) is 9.82. The number of phenols is 1. The standard InChI is InChI=1S/C23H28N2O5S2/c1-17-8-9-20(26)22(15-17)32(28,29)25-12-10-24(11-13-25)23(27)19-6-2-3-7-21(19)31-16-18-5-4-14-30-18/h2-3,6-9,15,18,26H,4-5,10-14,16H2,1H3. The van der Waals surface area contributed by atoms with Gasteiger partial charge in [-0.05, 0) is 49.6 Å². The van der Waals surface area contributed by atoms with Gasteiger partial charge < -0.3 is 14.7 Å². The fraction of sp³-hybridized carbons (Fsp3) is 0.435. The fourth-order valence-electron chi connectivity index (χ4n) is 4.00. The third kappa shape index (κ3) is 4.96. The minimum absolute atomic E-state index is 0.0871. The number of benzene rings is 2. The summed E-state index contributed by atoms with van der Waals surface area (Å²) in [7, 11) is -3.83. The molecule has 0 aliphatic carbocycles. The molecule has 2 saturated heterocycles. The molecule has 4 rings (SSSR count). The number of carbonyl (C=O) groups excluding carboxylic acids is 1. The summed E-state index contributed by atoms with van der Waals surface area (Å²) in [6.07, 6.45) is 2.37. The van der Waals surface area contributed by atoms with E-state index in [1.165, 1.54) is 16.4 Å². The number of amides is 1. The molecule has 2 aliphatic heterocycles. The molecule has 2 aromatic rings. The molecular formula is C23H28N2O5S2. The zero-order valence-electron chi connectivity index (χ0n) is 18.1. The van der Waals surface area contributed by atoms with Gasteiger partial charge >= 0.3 is 0 Å². The van der Waals surface area contributed by atoms with Crippen LogP contribution in [0.25, 0.3) is 0 Å². The zero-order valence-corrected chi connectivity index (χ0v) is 19.7. The topological polar surface area (TPSA) is 87.2 Å². The van der Waals surface area contributed by atoms with Gasteiger partial charge in [-0.25, -0.2) is 8.42 Å². The first-order chi connectivity index (χ1) is 15.4. The first-order valence-electron chi connectivity index (χ1n) is 10.8. The highest BCUT2D eigenvalue weighted by Crippen LogP contribution is 2.30. The average molecular weight is 477 g/mol. The Kier molecular flexibility index (Phi) is 7.09. The number of piperazine rings is 1. The fourth-order valence-corrected chi connectivity index (χ4v) is 6.70. The van der Waals surface area contributed by atoms with Crippen LogP contribution in [0.3, 0.4) is 0 Å². The van der Waals surface area contributed by atoms with Crippen LogP contribution in [0.1, 0.15) is 28.8 Å². The molecule has 1 amide bonds. The SMILES string of the molecule is Cc1ccc(O)c(S(=O)(=O)N2CCN(C(=O)c3ccccc3SCC3CCCO3)CC2)c1. The first-order valence-corrected chi connectivity index (χ1v) is 13.2. The predicted molar refractivity (Wildman–Crippen MR) is 124 cm³/mol. The van der Waals surface area contributed by atoms with Crippen LogP contribution in [0.2, 0.25) is 0 Å². The molecule has 0 saturated carbocycles. The Labute approximate surface area is 193 Å². The maximum Gasteiger partial charge on any atom is 0.255 e. The van der Waals surface area contributed by atoms with E-state index in [0.29, 0.717) is 18.7 Å². The lowest BCUT2D eigenvalue weighted by Crippen LogP contribution is -2.50. The van der Waals surface area contributed by atoms with Crippen molar-refractivity contribution in [3.05, 3.63) is 53.6 Å². The van der Waals surface area contributed by atoms with Gasteiger partial charge in [0.25, 0.3) is 5.91 Å². The van der Waals surface area contributed by atoms with Crippen LogP contribution in [-0.2, 0) is 14.8 Å². The van der Waals surface area contributed by atoms with Crippen molar-refractivity contribution in [3.8, 4) is 5.75 Å². The lowest BCUT2D eigenvalue weighted by molar-refractivity contribution is 0.0694. The number of sulfonamides is 1. The summed E-state index contributed by atoms with van der Waals surface area (Å²) in [6, 6.07) is 12.1. The molecule has 2 heterocycles. The van der Waals surface area contributed by atoms with Gasteiger partial charge in [-0.15, -0.1) is 11.8 Å². The van der Waals surface area contributed by atoms with Gasteiger partial charge in [0.2, 0.25) is 10.0 Å². The molecule has 172 valence electrons. The summed E-state index contributed by atoms with van der Waals surface area (Å²) in [4.78, 5) is 15.8. The van der Waals surface area contributed by atoms with Crippen molar-refractivity contribution >= 4 is 27.7 Å². The van der Waals surface area contributed by atoms with Gasteiger partial charge in [-0.2, -0.15) is 4.31 Å². The van der Waals surface area contributed by atoms with Gasteiger partial charge in [-0.1, -0.05) is 18.2 Å². The number of hydrogen-bond donors (Lipinski definition) is 1. The van der Waals surface area contributed by atoms with Crippen molar-refractivity contribution in [2.75, 3.05) is 38.5 Å². The molecule has 32 heavy (non-hydrogen) atoms. The van der Waals surface area contributed by atoms with Crippen molar-refractivity contribution in [2.45, 2.75) is 35.7 Å². The second-order valence-corrected chi connectivity index (χ2v) is 11.1. The normalized spacial score (nSPS) is 19.9. The van der Waals surface area contributed by atoms with E-state index in [0.717, 1.165) is 35.7 Å². The van der Waals surface area contributed by atoms with E-state index in [1.54, 1.807) is 29.7 Å². The van der Waals surface area contributed by atoms with E-state index in [-0.39, 0.29) is 35.7 Å². The molecule has 2 fully saturated rings. The van der Waals surface area contributed by atoms with Crippen molar-refractivity contribution in [2.24, 2.45) is 0 Å². The van der Waals surface area contributed by atoms with E-state index < -0.39 is 10.0 Å². The van der Waals surface area contributed by atoms with Gasteiger partial charge in [0.05, 0.1) is 11.7 Å². The lowest BCUT2D eigenvalue weighted by atomic mass is 10.2. The molecule has 0 spiro atoms. The number of hydrogen-bond acceptors (Lipinski definition) is 6. The van der Waals surface area contributed by atoms with Crippen LogP contribution in [0.15, 0.2) is 52.3 Å². The maximum atomic E-state index is 13.2. The van der Waals surface area contributed by atoms with E-state index in [1.807, 2.05) is 24.3 Å². The van der Waals surface area contributed by atoms with Crippen molar-refractivity contribution < 1.29 is 23.1 Å². The van der Waals surface area contributed by atoms with Crippen molar-refractivity contribution in [1.29, 1.82) is 0 Å². The molecule has 1 unspecified atom stereocenters. The highest BCUT2D eigenvalue weighted by Gasteiger charge is 2.32. The van der Waals surface area contributed by atoms with Gasteiger partial charge in [0.15, 0.2) is 0 Å². The molecule has 7 nitrogen and oxygen atoms in total. The van der Waals surface area contributed by atoms with Crippen LogP contribution in [0, 0.1) is 6.92 Å². The second-order valence-electron chi connectivity index (χ2n) is 8.11. The van der Waals surface area contributed by atoms with Crippen LogP contribution in [0.5, 0.6) is 5.75 Å². The van der Waals surface area contributed by atoms with Crippen molar-refractivity contribution in [3.63, 3.8) is 0 Å². The number of ether oxygens (including phenoxy) is 1. The quantitative estimate of drug-likeness (QED) is 0.645. The highest BCUT2D eigenvalue weighted by atomic mass is 32.2. The molecule has 0 radical (unpaired) electrons. The summed E-state index contributed by atoms with van der Waals surface area (Å²) in [5.41, 5.74) is 1.40. The summed E-state index contributed by atoms with van der Waals surface area (Å²) < 4.78 is 33.1. The number of nitrogens with zero attached hydrogens (tertiary/aromatic N) is 2. The molecule has 1 atom stereocenters. The molecule has 2 aliphatic rings. The minimum atomic E-state index is -3.83. The number of carbonyl (C=O) groups is 1. The van der Waals surface area contributed by atoms with Crippen LogP contribution in [0.4, 0.5) is 0 Å². The Morgan fingerprint density at radius 3 is 2.62 bits per heavy atom. The monoisotopic (exact) mass is 476 g/mol. The Morgan fingerprint density at radius 2 is 1.91 bits per heavy atom. The Morgan fingerprint density at radius 1 is 1.16 bits per heavy atom. The number of phenolic OH excluding ortho intramolecular Hbond substituents is 1. The van der Waals surface area contributed by atoms with Crippen LogP contribution >= 0.6 is 11.8 Å². The summed E-state index contributed by atoms with van der Waals surface area (Å²) >= 11 is 1.64. The molecule has 9 heteroatoms. The van der Waals surface area contributed by atoms with Gasteiger partial charge in [-0.3, -0.25) is 4.79 Å². The highest BCUT2D eigenvalue weighted by molar-refractivity contribution is 7.99. The Balaban J connectivity index is 1.42. The number of rotatable bonds is 6. The van der Waals surface area contributed by atoms with Crippen LogP contribution in [-0.4, -0.2) is 73.3 Å². The van der Waals surface area contributed by atoms with E-state index in [2.05, 4.69) is 0 Å². The van der Waals surface area contributed by atoms with E-state index in [4.69, 9.17) is 4.74 Å². The molecule has 1 N–H and O–H groups in total. The van der Waals surface area contributed by atoms with Crippen LogP contribution < -0.4 is 0 Å². The smallest absolute Gasteiger partial charge is 0.255 e. The molecular weight excluding hydrogens is 448 g/mol. The first kappa shape index (κ1) is 23.1. The number of aryl methyl sites for hydroxylation is 1. The third-order valence-electron chi connectivity index (χ3n) is 5.83. The van der Waals surface area contributed by atoms with E-state index in [9.17, 15) is 18.3 Å². The van der Waals surface area contributed by atoms with E-state index >= 15 is 0 Å². The number of thioether (sulfide) groups is 1. The third-order valence-corrected chi connectivity index (χ3v) is 8.96. The largest absolute Gasteiger partial charge is 0.507 e. The molecule has 2 aromatic carbocycles. The Bertz CT molecular complexity index is 1080. The summed E-state index contributed by atoms with van der Waals surface area (Å²) in [5, 5.41) is 10.1. The van der Waals surface area contributed by atoms with Gasteiger partial charge in [0, 0.05) is 43.4 Å².